The van der Waals surface area contributed by atoms with Gasteiger partial charge in [0, 0.05) is 92.8 Å². The molecule has 4 aromatic rings. The van der Waals surface area contributed by atoms with Crippen LogP contribution in [0.2, 0.25) is 0 Å². The van der Waals surface area contributed by atoms with Crippen LogP contribution in [0.15, 0.2) is 67.0 Å². The Labute approximate surface area is 279 Å². The van der Waals surface area contributed by atoms with Crippen LogP contribution in [0.1, 0.15) is 32.7 Å². The second-order valence-corrected chi connectivity index (χ2v) is 11.1. The Balaban J connectivity index is 0.00000184. The van der Waals surface area contributed by atoms with Crippen LogP contribution in [-0.2, 0) is 25.6 Å². The number of halogens is 6. The number of amides is 1. The SMILES string of the molecule is COc1cc(C(=O)N2CCN(CCN3CCc4ncccc4C3)C[C@H]2Cc2c[nH]c3ccccc23)cc(C(F)(F)F)c1.Cl.Cl.Cl. The van der Waals surface area contributed by atoms with Gasteiger partial charge in [-0.3, -0.25) is 19.6 Å². The molecule has 0 unspecified atom stereocenters. The Kier molecular flexibility index (Phi) is 12.6. The standard InChI is InChI=1S/C32H34F3N5O2.3ClH/c1-42-27-17-23(15-25(18-27)32(33,34)35)31(41)40-14-13-39(12-11-38-10-8-29-22(20-38)5-4-9-36-29)21-26(40)16-24-19-37-30-7-3-2-6-28(24)30;;;/h2-7,9,15,17-19,26,37H,8,10-14,16,20-21H2,1H3;3*1H/t26-;;;/m1.../s1. The summed E-state index contributed by atoms with van der Waals surface area (Å²) in [4.78, 5) is 28.2. The fourth-order valence-electron chi connectivity index (χ4n) is 6.19. The van der Waals surface area contributed by atoms with Gasteiger partial charge in [0.1, 0.15) is 5.75 Å². The van der Waals surface area contributed by atoms with Crippen LogP contribution >= 0.6 is 37.2 Å². The maximum absolute atomic E-state index is 13.8. The number of para-hydroxylation sites is 1. The van der Waals surface area contributed by atoms with Crippen molar-refractivity contribution in [1.29, 1.82) is 0 Å². The van der Waals surface area contributed by atoms with Gasteiger partial charge >= 0.3 is 6.18 Å². The molecule has 1 atom stereocenters. The summed E-state index contributed by atoms with van der Waals surface area (Å²) in [5.74, 6) is -0.401. The Hall–Kier alpha value is -3.02. The molecule has 13 heteroatoms. The molecular formula is C32H37Cl3F3N5O2. The smallest absolute Gasteiger partial charge is 0.416 e. The molecule has 0 aliphatic carbocycles. The molecule has 7 nitrogen and oxygen atoms in total. The van der Waals surface area contributed by atoms with Crippen molar-refractivity contribution in [3.8, 4) is 5.75 Å². The molecule has 2 aromatic carbocycles. The summed E-state index contributed by atoms with van der Waals surface area (Å²) in [7, 11) is 1.31. The third-order valence-electron chi connectivity index (χ3n) is 8.45. The highest BCUT2D eigenvalue weighted by atomic mass is 35.5. The van der Waals surface area contributed by atoms with Crippen LogP contribution < -0.4 is 4.74 Å². The van der Waals surface area contributed by atoms with Crippen LogP contribution in [-0.4, -0.2) is 83.0 Å². The van der Waals surface area contributed by atoms with Crippen molar-refractivity contribution in [2.45, 2.75) is 31.6 Å². The molecule has 4 heterocycles. The number of carbonyl (C=O) groups excluding carboxylic acids is 1. The number of hydrogen-bond acceptors (Lipinski definition) is 5. The first kappa shape index (κ1) is 36.4. The van der Waals surface area contributed by atoms with E-state index in [1.807, 2.05) is 36.7 Å². The minimum atomic E-state index is -4.59. The number of carbonyl (C=O) groups is 1. The number of rotatable bonds is 7. The number of pyridine rings is 1. The minimum Gasteiger partial charge on any atom is -0.497 e. The molecule has 2 aliphatic heterocycles. The van der Waals surface area contributed by atoms with E-state index in [0.717, 1.165) is 61.2 Å². The highest BCUT2D eigenvalue weighted by molar-refractivity contribution is 5.95. The van der Waals surface area contributed by atoms with Crippen LogP contribution in [0.5, 0.6) is 5.75 Å². The lowest BCUT2D eigenvalue weighted by atomic mass is 9.99. The number of aromatic amines is 1. The number of H-pyrrole nitrogens is 1. The summed E-state index contributed by atoms with van der Waals surface area (Å²) in [6.45, 7) is 5.28. The molecule has 2 aromatic heterocycles. The highest BCUT2D eigenvalue weighted by Gasteiger charge is 2.35. The van der Waals surface area contributed by atoms with Crippen molar-refractivity contribution in [1.82, 2.24) is 24.7 Å². The molecule has 1 saturated heterocycles. The van der Waals surface area contributed by atoms with Gasteiger partial charge in [0.25, 0.3) is 5.91 Å². The number of nitrogens with zero attached hydrogens (tertiary/aromatic N) is 4. The van der Waals surface area contributed by atoms with Crippen LogP contribution in [0, 0.1) is 0 Å². The number of hydrogen-bond donors (Lipinski definition) is 1. The number of benzene rings is 2. The monoisotopic (exact) mass is 685 g/mol. The molecule has 0 bridgehead atoms. The van der Waals surface area contributed by atoms with E-state index in [1.165, 1.54) is 24.4 Å². The largest absolute Gasteiger partial charge is 0.497 e. The summed E-state index contributed by atoms with van der Waals surface area (Å²) in [5.41, 5.74) is 3.63. The van der Waals surface area contributed by atoms with Gasteiger partial charge < -0.3 is 14.6 Å². The summed E-state index contributed by atoms with van der Waals surface area (Å²) in [5, 5.41) is 1.09. The summed E-state index contributed by atoms with van der Waals surface area (Å²) in [6, 6.07) is 15.2. The van der Waals surface area contributed by atoms with E-state index in [2.05, 4.69) is 31.9 Å². The highest BCUT2D eigenvalue weighted by Crippen LogP contribution is 2.33. The summed E-state index contributed by atoms with van der Waals surface area (Å²) >= 11 is 0. The number of methoxy groups -OCH3 is 1. The fraction of sp³-hybridized carbons (Fsp3) is 0.375. The molecular weight excluding hydrogens is 650 g/mol. The van der Waals surface area contributed by atoms with Gasteiger partial charge in [-0.25, -0.2) is 0 Å². The van der Waals surface area contributed by atoms with E-state index in [-0.39, 0.29) is 54.6 Å². The molecule has 2 aliphatic rings. The zero-order chi connectivity index (χ0) is 29.3. The number of alkyl halides is 3. The topological polar surface area (TPSA) is 64.7 Å². The molecule has 1 fully saturated rings. The van der Waals surface area contributed by atoms with Crippen LogP contribution in [0.4, 0.5) is 13.2 Å². The van der Waals surface area contributed by atoms with Crippen molar-refractivity contribution < 1.29 is 22.7 Å². The Morgan fingerprint density at radius 2 is 1.78 bits per heavy atom. The van der Waals surface area contributed by atoms with Crippen LogP contribution in [0.25, 0.3) is 10.9 Å². The van der Waals surface area contributed by atoms with Crippen molar-refractivity contribution in [2.75, 3.05) is 46.4 Å². The fourth-order valence-corrected chi connectivity index (χ4v) is 6.19. The van der Waals surface area contributed by atoms with E-state index in [9.17, 15) is 18.0 Å². The lowest BCUT2D eigenvalue weighted by molar-refractivity contribution is -0.137. The molecule has 0 radical (unpaired) electrons. The van der Waals surface area contributed by atoms with Crippen LogP contribution in [0.3, 0.4) is 0 Å². The first-order valence-corrected chi connectivity index (χ1v) is 14.3. The van der Waals surface area contributed by atoms with E-state index in [4.69, 9.17) is 4.74 Å². The average Bonchev–Trinajstić information content (AvgIpc) is 3.41. The number of piperazine rings is 1. The molecule has 244 valence electrons. The summed E-state index contributed by atoms with van der Waals surface area (Å²) in [6.07, 6.45) is 0.751. The van der Waals surface area contributed by atoms with Gasteiger partial charge in [-0.1, -0.05) is 24.3 Å². The average molecular weight is 687 g/mol. The zero-order valence-electron chi connectivity index (χ0n) is 24.8. The first-order valence-electron chi connectivity index (χ1n) is 14.3. The lowest BCUT2D eigenvalue weighted by Gasteiger charge is -2.42. The molecule has 1 N–H and O–H groups in total. The minimum absolute atomic E-state index is 0. The van der Waals surface area contributed by atoms with Crippen molar-refractivity contribution in [3.63, 3.8) is 0 Å². The van der Waals surface area contributed by atoms with Gasteiger partial charge in [0.2, 0.25) is 0 Å². The Morgan fingerprint density at radius 1 is 1.00 bits per heavy atom. The van der Waals surface area contributed by atoms with Gasteiger partial charge in [-0.15, -0.1) is 37.2 Å². The maximum Gasteiger partial charge on any atom is 0.416 e. The lowest BCUT2D eigenvalue weighted by Crippen LogP contribution is -2.57. The molecule has 45 heavy (non-hydrogen) atoms. The van der Waals surface area contributed by atoms with Crippen molar-refractivity contribution in [2.24, 2.45) is 0 Å². The van der Waals surface area contributed by atoms with E-state index in [1.54, 1.807) is 4.90 Å². The van der Waals surface area contributed by atoms with Gasteiger partial charge in [-0.2, -0.15) is 13.2 Å². The van der Waals surface area contributed by atoms with Gasteiger partial charge in [-0.05, 0) is 47.9 Å². The predicted molar refractivity (Wildman–Crippen MR) is 176 cm³/mol. The van der Waals surface area contributed by atoms with E-state index >= 15 is 0 Å². The van der Waals surface area contributed by atoms with Gasteiger partial charge in [0.05, 0.1) is 12.7 Å². The third kappa shape index (κ3) is 8.23. The quantitative estimate of drug-likeness (QED) is 0.248. The Bertz CT molecular complexity index is 1590. The second kappa shape index (κ2) is 15.5. The zero-order valence-corrected chi connectivity index (χ0v) is 27.2. The van der Waals surface area contributed by atoms with Crippen molar-refractivity contribution in [3.05, 3.63) is 94.9 Å². The number of ether oxygens (including phenoxy) is 1. The first-order chi connectivity index (χ1) is 20.3. The van der Waals surface area contributed by atoms with Gasteiger partial charge in [0.15, 0.2) is 0 Å². The number of aromatic nitrogens is 2. The summed E-state index contributed by atoms with van der Waals surface area (Å²) < 4.78 is 46.0. The number of nitrogens with one attached hydrogen (secondary N) is 1. The van der Waals surface area contributed by atoms with Crippen molar-refractivity contribution >= 4 is 54.0 Å². The molecule has 0 spiro atoms. The maximum atomic E-state index is 13.8. The van der Waals surface area contributed by atoms with E-state index < -0.39 is 17.6 Å². The molecule has 0 saturated carbocycles. The predicted octanol–water partition coefficient (Wildman–Crippen LogP) is 6.28. The van der Waals surface area contributed by atoms with E-state index in [0.29, 0.717) is 26.1 Å². The molecule has 6 rings (SSSR count). The Morgan fingerprint density at radius 3 is 2.56 bits per heavy atom. The molecule has 1 amide bonds. The normalized spacial score (nSPS) is 17.1. The second-order valence-electron chi connectivity index (χ2n) is 11.1. The third-order valence-corrected chi connectivity index (χ3v) is 8.45. The number of fused-ring (bicyclic) bond motifs is 2.